The van der Waals surface area contributed by atoms with Crippen molar-refractivity contribution >= 4 is 11.5 Å². The molecule has 0 saturated carbocycles. The largest absolute Gasteiger partial charge is 1.00 e. The van der Waals surface area contributed by atoms with Crippen molar-refractivity contribution in [3.63, 3.8) is 0 Å². The van der Waals surface area contributed by atoms with Crippen LogP contribution in [-0.2, 0) is 4.79 Å². The zero-order chi connectivity index (χ0) is 16.8. The summed E-state index contributed by atoms with van der Waals surface area (Å²) in [6.45, 7) is 4.31. The van der Waals surface area contributed by atoms with E-state index in [-0.39, 0.29) is 36.0 Å². The first-order chi connectivity index (χ1) is 11.0. The maximum Gasteiger partial charge on any atom is 1.00 e. The van der Waals surface area contributed by atoms with Gasteiger partial charge in [-0.2, -0.15) is 0 Å². The minimum absolute atomic E-state index is 0. The Morgan fingerprint density at radius 2 is 1.58 bits per heavy atom. The third-order valence-corrected chi connectivity index (χ3v) is 3.85. The average molecular weight is 331 g/mol. The molecule has 0 radical (unpaired) electrons. The Hall–Kier alpha value is -1.39. The summed E-state index contributed by atoms with van der Waals surface area (Å²) in [6, 6.07) is 17.2. The van der Waals surface area contributed by atoms with Gasteiger partial charge in [0.15, 0.2) is 0 Å². The van der Waals surface area contributed by atoms with E-state index < -0.39 is 12.0 Å². The van der Waals surface area contributed by atoms with Gasteiger partial charge in [-0.15, -0.1) is 0 Å². The number of nitrogens with two attached hydrogens (primary N) is 1. The van der Waals surface area contributed by atoms with Crippen molar-refractivity contribution in [3.05, 3.63) is 77.4 Å². The third kappa shape index (κ3) is 5.60. The van der Waals surface area contributed by atoms with Gasteiger partial charge in [0.25, 0.3) is 0 Å². The van der Waals surface area contributed by atoms with Gasteiger partial charge in [-0.25, -0.2) is 0 Å². The van der Waals surface area contributed by atoms with Crippen LogP contribution in [0.5, 0.6) is 0 Å². The van der Waals surface area contributed by atoms with Gasteiger partial charge in [0.1, 0.15) is 0 Å². The quantitative estimate of drug-likeness (QED) is 0.740. The minimum atomic E-state index is -1.23. The fourth-order valence-electron chi connectivity index (χ4n) is 2.41. The number of carbonyl (C=O) groups is 1. The summed E-state index contributed by atoms with van der Waals surface area (Å²) in [5.74, 6) is -0.761. The molecule has 0 saturated heterocycles. The Labute approximate surface area is 165 Å². The molecule has 3 nitrogen and oxygen atoms in total. The Kier molecular flexibility index (Phi) is 8.43. The van der Waals surface area contributed by atoms with Crippen LogP contribution in [0.1, 0.15) is 42.9 Å². The molecule has 120 valence electrons. The van der Waals surface area contributed by atoms with Gasteiger partial charge in [-0.3, -0.25) is 0 Å². The van der Waals surface area contributed by atoms with Crippen LogP contribution >= 0.6 is 0 Å². The van der Waals surface area contributed by atoms with Crippen LogP contribution in [0.2, 0.25) is 0 Å². The predicted molar refractivity (Wildman–Crippen MR) is 91.7 cm³/mol. The maximum atomic E-state index is 10.8. The van der Waals surface area contributed by atoms with Crippen LogP contribution in [0.25, 0.3) is 5.57 Å². The van der Waals surface area contributed by atoms with E-state index in [9.17, 15) is 9.90 Å². The van der Waals surface area contributed by atoms with Gasteiger partial charge < -0.3 is 15.6 Å². The fourth-order valence-corrected chi connectivity index (χ4v) is 2.41. The van der Waals surface area contributed by atoms with Crippen molar-refractivity contribution < 1.29 is 39.5 Å². The molecule has 2 aromatic carbocycles. The summed E-state index contributed by atoms with van der Waals surface area (Å²) >= 11 is 0. The van der Waals surface area contributed by atoms with E-state index >= 15 is 0 Å². The van der Waals surface area contributed by atoms with Crippen molar-refractivity contribution in [1.82, 2.24) is 0 Å². The number of hydrogen-bond donors (Lipinski definition) is 1. The van der Waals surface area contributed by atoms with Crippen LogP contribution in [-0.4, -0.2) is 12.0 Å². The van der Waals surface area contributed by atoms with Crippen molar-refractivity contribution in [3.8, 4) is 0 Å². The molecule has 0 aliphatic carbocycles. The molecular formula is C20H22NNaO2. The number of aliphatic carboxylic acids is 1. The molecule has 0 amide bonds. The van der Waals surface area contributed by atoms with E-state index in [1.807, 2.05) is 36.4 Å². The molecule has 0 bridgehead atoms. The third-order valence-electron chi connectivity index (χ3n) is 3.85. The summed E-state index contributed by atoms with van der Waals surface area (Å²) in [7, 11) is 0. The Balaban J connectivity index is 0.00000288. The first-order valence-electron chi connectivity index (χ1n) is 7.81. The van der Waals surface area contributed by atoms with Crippen LogP contribution in [0, 0.1) is 0 Å². The summed E-state index contributed by atoms with van der Waals surface area (Å²) < 4.78 is 0. The van der Waals surface area contributed by atoms with Crippen molar-refractivity contribution in [2.75, 3.05) is 0 Å². The second-order valence-electron chi connectivity index (χ2n) is 5.92. The van der Waals surface area contributed by atoms with Crippen molar-refractivity contribution in [2.24, 2.45) is 5.73 Å². The maximum absolute atomic E-state index is 10.8. The molecule has 24 heavy (non-hydrogen) atoms. The molecule has 0 spiro atoms. The zero-order valence-electron chi connectivity index (χ0n) is 14.5. The number of carbonyl (C=O) groups excluding carboxylic acids is 1. The normalized spacial score (nSPS) is 12.6. The number of rotatable bonds is 6. The van der Waals surface area contributed by atoms with E-state index in [1.54, 1.807) is 0 Å². The SMILES string of the molecule is CC(C)c1ccc(/C(=C/CC(N)C(=O)[O-])c2ccccc2)cc1.[Na+]. The monoisotopic (exact) mass is 331 g/mol. The van der Waals surface area contributed by atoms with Gasteiger partial charge in [0.05, 0.1) is 5.97 Å². The van der Waals surface area contributed by atoms with Gasteiger partial charge in [-0.1, -0.05) is 74.5 Å². The standard InChI is InChI=1S/C20H23NO2.Na/c1-14(2)15-8-10-17(11-9-15)18(12-13-19(21)20(22)23)16-6-4-3-5-7-16;/h3-12,14,19H,13,21H2,1-2H3,(H,22,23);/q;+1/p-1/b18-12+;. The van der Waals surface area contributed by atoms with E-state index in [4.69, 9.17) is 5.73 Å². The van der Waals surface area contributed by atoms with Crippen LogP contribution in [0.15, 0.2) is 60.7 Å². The molecule has 0 aliphatic heterocycles. The average Bonchev–Trinajstić information content (AvgIpc) is 2.56. The number of hydrogen-bond acceptors (Lipinski definition) is 3. The summed E-state index contributed by atoms with van der Waals surface area (Å²) in [5, 5.41) is 10.8. The van der Waals surface area contributed by atoms with Gasteiger partial charge in [0, 0.05) is 6.04 Å². The summed E-state index contributed by atoms with van der Waals surface area (Å²) in [5.41, 5.74) is 9.92. The fraction of sp³-hybridized carbons (Fsp3) is 0.250. The summed E-state index contributed by atoms with van der Waals surface area (Å²) in [6.07, 6.45) is 2.11. The van der Waals surface area contributed by atoms with E-state index in [0.717, 1.165) is 16.7 Å². The van der Waals surface area contributed by atoms with E-state index in [2.05, 4.69) is 38.1 Å². The number of carboxylic acids is 1. The van der Waals surface area contributed by atoms with Crippen LogP contribution in [0.3, 0.4) is 0 Å². The molecule has 2 rings (SSSR count). The molecule has 0 aromatic heterocycles. The molecule has 1 unspecified atom stereocenters. The molecule has 0 fully saturated rings. The molecule has 2 N–H and O–H groups in total. The predicted octanol–water partition coefficient (Wildman–Crippen LogP) is -0.287. The van der Waals surface area contributed by atoms with Gasteiger partial charge >= 0.3 is 29.6 Å². The smallest absolute Gasteiger partial charge is 0.548 e. The molecule has 0 heterocycles. The number of benzene rings is 2. The first kappa shape index (κ1) is 20.7. The number of carboxylic acid groups (broad SMARTS) is 1. The molecule has 1 atom stereocenters. The van der Waals surface area contributed by atoms with Gasteiger partial charge in [-0.05, 0) is 34.6 Å². The van der Waals surface area contributed by atoms with E-state index in [0.29, 0.717) is 5.92 Å². The molecule has 0 aliphatic rings. The zero-order valence-corrected chi connectivity index (χ0v) is 16.5. The van der Waals surface area contributed by atoms with E-state index in [1.165, 1.54) is 5.56 Å². The van der Waals surface area contributed by atoms with Crippen molar-refractivity contribution in [2.45, 2.75) is 32.2 Å². The van der Waals surface area contributed by atoms with Crippen LogP contribution in [0.4, 0.5) is 0 Å². The Morgan fingerprint density at radius 1 is 1.04 bits per heavy atom. The molecular weight excluding hydrogens is 309 g/mol. The second-order valence-corrected chi connectivity index (χ2v) is 5.92. The first-order valence-corrected chi connectivity index (χ1v) is 7.81. The molecule has 4 heteroatoms. The Bertz CT molecular complexity index is 679. The molecule has 2 aromatic rings. The van der Waals surface area contributed by atoms with Crippen molar-refractivity contribution in [1.29, 1.82) is 0 Å². The minimum Gasteiger partial charge on any atom is -0.548 e. The topological polar surface area (TPSA) is 66.2 Å². The second kappa shape index (κ2) is 9.80. The van der Waals surface area contributed by atoms with Gasteiger partial charge in [0.2, 0.25) is 0 Å². The van der Waals surface area contributed by atoms with Crippen LogP contribution < -0.4 is 40.4 Å². The Morgan fingerprint density at radius 3 is 2.08 bits per heavy atom. The summed E-state index contributed by atoms with van der Waals surface area (Å²) in [4.78, 5) is 10.8.